The van der Waals surface area contributed by atoms with Crippen LogP contribution < -0.4 is 5.32 Å². The number of piperidine rings is 1. The summed E-state index contributed by atoms with van der Waals surface area (Å²) in [5, 5.41) is 6.20. The summed E-state index contributed by atoms with van der Waals surface area (Å²) < 4.78 is 0. The largest absolute Gasteiger partial charge is 0.348 e. The van der Waals surface area contributed by atoms with Crippen molar-refractivity contribution in [1.82, 2.24) is 15.2 Å². The van der Waals surface area contributed by atoms with Crippen molar-refractivity contribution < 1.29 is 4.79 Å². The van der Waals surface area contributed by atoms with E-state index < -0.39 is 0 Å². The molecule has 0 atom stereocenters. The Labute approximate surface area is 163 Å². The van der Waals surface area contributed by atoms with Gasteiger partial charge in [-0.15, -0.1) is 22.7 Å². The molecule has 26 heavy (non-hydrogen) atoms. The summed E-state index contributed by atoms with van der Waals surface area (Å²) in [7, 11) is 0. The number of nitrogens with zero attached hydrogens (tertiary/aromatic N) is 2. The number of amides is 1. The quantitative estimate of drug-likeness (QED) is 0.810. The normalized spacial score (nSPS) is 20.3. The van der Waals surface area contributed by atoms with E-state index in [0.717, 1.165) is 46.6 Å². The van der Waals surface area contributed by atoms with Crippen molar-refractivity contribution >= 4 is 28.6 Å². The van der Waals surface area contributed by atoms with E-state index in [2.05, 4.69) is 15.2 Å². The molecule has 6 heteroatoms. The Balaban J connectivity index is 1.24. The third-order valence-electron chi connectivity index (χ3n) is 5.63. The Bertz CT molecular complexity index is 698. The monoisotopic (exact) mass is 389 g/mol. The Kier molecular flexibility index (Phi) is 6.02. The summed E-state index contributed by atoms with van der Waals surface area (Å²) in [6.45, 7) is 3.49. The zero-order valence-electron chi connectivity index (χ0n) is 15.2. The second-order valence-corrected chi connectivity index (χ2v) is 9.54. The highest BCUT2D eigenvalue weighted by Gasteiger charge is 2.24. The summed E-state index contributed by atoms with van der Waals surface area (Å²) in [5.74, 6) is 0.943. The van der Waals surface area contributed by atoms with Crippen LogP contribution in [0.2, 0.25) is 0 Å². The predicted octanol–water partition coefficient (Wildman–Crippen LogP) is 4.65. The van der Waals surface area contributed by atoms with E-state index in [1.807, 2.05) is 17.5 Å². The Morgan fingerprint density at radius 3 is 2.73 bits per heavy atom. The molecule has 0 spiro atoms. The van der Waals surface area contributed by atoms with Gasteiger partial charge in [0.05, 0.1) is 11.1 Å². The SMILES string of the molecule is O=C(NC1CCN(CC2CCCCC2)CC1)c1cnc(-c2cccs2)s1. The lowest BCUT2D eigenvalue weighted by molar-refractivity contribution is 0.0905. The molecule has 2 aliphatic rings. The van der Waals surface area contributed by atoms with Crippen LogP contribution in [0.1, 0.15) is 54.6 Å². The minimum Gasteiger partial charge on any atom is -0.348 e. The average Bonchev–Trinajstić information content (AvgIpc) is 3.36. The molecule has 1 saturated heterocycles. The first kappa shape index (κ1) is 18.1. The molecule has 0 aromatic carbocycles. The third-order valence-corrected chi connectivity index (χ3v) is 7.66. The van der Waals surface area contributed by atoms with Crippen LogP contribution in [0.25, 0.3) is 9.88 Å². The van der Waals surface area contributed by atoms with Crippen LogP contribution in [0.3, 0.4) is 0 Å². The zero-order chi connectivity index (χ0) is 17.8. The predicted molar refractivity (Wildman–Crippen MR) is 109 cm³/mol. The van der Waals surface area contributed by atoms with E-state index in [-0.39, 0.29) is 5.91 Å². The van der Waals surface area contributed by atoms with Crippen molar-refractivity contribution in [2.24, 2.45) is 5.92 Å². The highest BCUT2D eigenvalue weighted by atomic mass is 32.1. The Morgan fingerprint density at radius 1 is 1.19 bits per heavy atom. The number of aromatic nitrogens is 1. The summed E-state index contributed by atoms with van der Waals surface area (Å²) in [4.78, 5) is 21.4. The number of thiazole rings is 1. The number of nitrogens with one attached hydrogen (secondary N) is 1. The zero-order valence-corrected chi connectivity index (χ0v) is 16.8. The van der Waals surface area contributed by atoms with Gasteiger partial charge in [-0.2, -0.15) is 0 Å². The fourth-order valence-electron chi connectivity index (χ4n) is 4.14. The van der Waals surface area contributed by atoms with Gasteiger partial charge in [-0.1, -0.05) is 25.3 Å². The maximum absolute atomic E-state index is 12.5. The summed E-state index contributed by atoms with van der Waals surface area (Å²) in [6.07, 6.45) is 10.9. The molecule has 4 nitrogen and oxygen atoms in total. The van der Waals surface area contributed by atoms with Crippen LogP contribution >= 0.6 is 22.7 Å². The van der Waals surface area contributed by atoms with Crippen LogP contribution in [0.5, 0.6) is 0 Å². The number of hydrogen-bond donors (Lipinski definition) is 1. The first-order chi connectivity index (χ1) is 12.8. The van der Waals surface area contributed by atoms with Crippen molar-refractivity contribution in [3.63, 3.8) is 0 Å². The molecule has 2 aromatic heterocycles. The Hall–Kier alpha value is -1.24. The molecule has 2 aromatic rings. The van der Waals surface area contributed by atoms with Gasteiger partial charge in [0.1, 0.15) is 9.88 Å². The van der Waals surface area contributed by atoms with Crippen molar-refractivity contribution in [3.05, 3.63) is 28.6 Å². The van der Waals surface area contributed by atoms with E-state index in [0.29, 0.717) is 6.04 Å². The number of likely N-dealkylation sites (tertiary alicyclic amines) is 1. The molecular weight excluding hydrogens is 362 g/mol. The lowest BCUT2D eigenvalue weighted by Crippen LogP contribution is -2.45. The molecule has 1 saturated carbocycles. The molecule has 1 amide bonds. The highest BCUT2D eigenvalue weighted by molar-refractivity contribution is 7.21. The fourth-order valence-corrected chi connectivity index (χ4v) is 5.77. The molecule has 0 bridgehead atoms. The maximum Gasteiger partial charge on any atom is 0.263 e. The smallest absolute Gasteiger partial charge is 0.263 e. The first-order valence-corrected chi connectivity index (χ1v) is 11.5. The van der Waals surface area contributed by atoms with Crippen LogP contribution in [-0.4, -0.2) is 41.5 Å². The number of carbonyl (C=O) groups excluding carboxylic acids is 1. The number of carbonyl (C=O) groups is 1. The molecule has 1 N–H and O–H groups in total. The fraction of sp³-hybridized carbons (Fsp3) is 0.600. The van der Waals surface area contributed by atoms with Crippen LogP contribution in [0.15, 0.2) is 23.7 Å². The molecular formula is C20H27N3OS2. The molecule has 1 aliphatic heterocycles. The molecule has 4 rings (SSSR count). The molecule has 140 valence electrons. The number of rotatable bonds is 5. The number of hydrogen-bond acceptors (Lipinski definition) is 5. The minimum atomic E-state index is 0.0380. The summed E-state index contributed by atoms with van der Waals surface area (Å²) in [6, 6.07) is 4.37. The van der Waals surface area contributed by atoms with Gasteiger partial charge >= 0.3 is 0 Å². The summed E-state index contributed by atoms with van der Waals surface area (Å²) >= 11 is 3.15. The van der Waals surface area contributed by atoms with Gasteiger partial charge in [-0.25, -0.2) is 4.98 Å². The van der Waals surface area contributed by atoms with E-state index in [9.17, 15) is 4.79 Å². The minimum absolute atomic E-state index is 0.0380. The molecule has 0 unspecified atom stereocenters. The van der Waals surface area contributed by atoms with Gasteiger partial charge in [0.25, 0.3) is 5.91 Å². The van der Waals surface area contributed by atoms with Crippen molar-refractivity contribution in [3.8, 4) is 9.88 Å². The van der Waals surface area contributed by atoms with Crippen molar-refractivity contribution in [2.45, 2.75) is 51.0 Å². The van der Waals surface area contributed by atoms with E-state index in [4.69, 9.17) is 0 Å². The molecule has 1 aliphatic carbocycles. The lowest BCUT2D eigenvalue weighted by Gasteiger charge is -2.35. The van der Waals surface area contributed by atoms with Crippen molar-refractivity contribution in [2.75, 3.05) is 19.6 Å². The van der Waals surface area contributed by atoms with Gasteiger partial charge < -0.3 is 10.2 Å². The molecule has 3 heterocycles. The second-order valence-electron chi connectivity index (χ2n) is 7.56. The topological polar surface area (TPSA) is 45.2 Å². The number of thiophene rings is 1. The molecule has 0 radical (unpaired) electrons. The van der Waals surface area contributed by atoms with Gasteiger partial charge in [-0.05, 0) is 43.0 Å². The lowest BCUT2D eigenvalue weighted by atomic mass is 9.88. The van der Waals surface area contributed by atoms with Crippen molar-refractivity contribution in [1.29, 1.82) is 0 Å². The Morgan fingerprint density at radius 2 is 2.00 bits per heavy atom. The van der Waals surface area contributed by atoms with E-state index in [1.54, 1.807) is 17.5 Å². The summed E-state index contributed by atoms with van der Waals surface area (Å²) in [5.41, 5.74) is 0. The van der Waals surface area contributed by atoms with Gasteiger partial charge in [0.15, 0.2) is 0 Å². The third kappa shape index (κ3) is 4.53. The van der Waals surface area contributed by atoms with E-state index in [1.165, 1.54) is 50.0 Å². The van der Waals surface area contributed by atoms with Crippen LogP contribution in [-0.2, 0) is 0 Å². The maximum atomic E-state index is 12.5. The van der Waals surface area contributed by atoms with Gasteiger partial charge in [-0.3, -0.25) is 4.79 Å². The van der Waals surface area contributed by atoms with Crippen LogP contribution in [0.4, 0.5) is 0 Å². The second kappa shape index (κ2) is 8.63. The molecule has 2 fully saturated rings. The van der Waals surface area contributed by atoms with E-state index >= 15 is 0 Å². The average molecular weight is 390 g/mol. The van der Waals surface area contributed by atoms with Gasteiger partial charge in [0, 0.05) is 25.7 Å². The van der Waals surface area contributed by atoms with Gasteiger partial charge in [0.2, 0.25) is 0 Å². The highest BCUT2D eigenvalue weighted by Crippen LogP contribution is 2.29. The van der Waals surface area contributed by atoms with Crippen LogP contribution in [0, 0.1) is 5.92 Å². The first-order valence-electron chi connectivity index (χ1n) is 9.81. The standard InChI is InChI=1S/C20H27N3OS2/c24-19(18-13-21-20(26-18)17-7-4-12-25-17)22-16-8-10-23(11-9-16)14-15-5-2-1-3-6-15/h4,7,12-13,15-16H,1-3,5-6,8-11,14H2,(H,22,24).